The molecule has 2 N–H and O–H groups in total. The molecule has 6 heteroatoms. The average molecular weight is 314 g/mol. The molecule has 0 bridgehead atoms. The third-order valence-electron chi connectivity index (χ3n) is 3.87. The Balaban J connectivity index is 2.08. The van der Waals surface area contributed by atoms with E-state index in [0.29, 0.717) is 18.0 Å². The fourth-order valence-electron chi connectivity index (χ4n) is 2.36. The van der Waals surface area contributed by atoms with Crippen LogP contribution < -0.4 is 10.0 Å². The summed E-state index contributed by atoms with van der Waals surface area (Å²) in [5, 5.41) is 3.03. The van der Waals surface area contributed by atoms with Gasteiger partial charge in [-0.05, 0) is 43.8 Å². The third kappa shape index (κ3) is 3.55. The van der Waals surface area contributed by atoms with Crippen LogP contribution in [0.25, 0.3) is 0 Å². The summed E-state index contributed by atoms with van der Waals surface area (Å²) in [6, 6.07) is 7.08. The van der Waals surface area contributed by atoms with E-state index < -0.39 is 10.0 Å². The molecule has 2 rings (SSSR count). The first-order chi connectivity index (χ1) is 9.51. The van der Waals surface area contributed by atoms with Crippen molar-refractivity contribution in [1.29, 1.82) is 0 Å². The van der Waals surface area contributed by atoms with Gasteiger partial charge in [-0.25, -0.2) is 13.1 Å². The summed E-state index contributed by atoms with van der Waals surface area (Å²) >= 11 is 1.77. The molecule has 1 aromatic rings. The Morgan fingerprint density at radius 2 is 2.10 bits per heavy atom. The van der Waals surface area contributed by atoms with E-state index in [1.54, 1.807) is 30.0 Å². The van der Waals surface area contributed by atoms with Crippen molar-refractivity contribution in [3.8, 4) is 0 Å². The van der Waals surface area contributed by atoms with Crippen LogP contribution in [0.5, 0.6) is 0 Å². The summed E-state index contributed by atoms with van der Waals surface area (Å²) in [4.78, 5) is 0.348. The molecule has 0 heterocycles. The lowest BCUT2D eigenvalue weighted by Crippen LogP contribution is -2.45. The zero-order chi connectivity index (χ0) is 14.6. The molecule has 1 fully saturated rings. The molecular weight excluding hydrogens is 292 g/mol. The zero-order valence-electron chi connectivity index (χ0n) is 12.0. The van der Waals surface area contributed by atoms with Crippen molar-refractivity contribution in [2.75, 3.05) is 19.8 Å². The minimum atomic E-state index is -3.41. The van der Waals surface area contributed by atoms with Crippen LogP contribution in [0.4, 0.5) is 0 Å². The van der Waals surface area contributed by atoms with E-state index in [1.807, 2.05) is 13.1 Å². The molecular formula is C14H22N2O2S2. The van der Waals surface area contributed by atoms with Crippen LogP contribution in [0, 0.1) is 0 Å². The van der Waals surface area contributed by atoms with Crippen molar-refractivity contribution in [2.45, 2.75) is 35.4 Å². The fraction of sp³-hybridized carbons (Fsp3) is 0.571. The molecule has 20 heavy (non-hydrogen) atoms. The number of hydrogen-bond acceptors (Lipinski definition) is 4. The first-order valence-corrected chi connectivity index (χ1v) is 9.50. The highest BCUT2D eigenvalue weighted by Crippen LogP contribution is 2.42. The quantitative estimate of drug-likeness (QED) is 0.808. The Morgan fingerprint density at radius 1 is 1.35 bits per heavy atom. The summed E-state index contributed by atoms with van der Waals surface area (Å²) in [5.41, 5.74) is 0.971. The van der Waals surface area contributed by atoms with Gasteiger partial charge in [0.25, 0.3) is 0 Å². The Morgan fingerprint density at radius 3 is 2.65 bits per heavy atom. The molecule has 0 atom stereocenters. The molecule has 0 radical (unpaired) electrons. The Kier molecular flexibility index (Phi) is 5.12. The van der Waals surface area contributed by atoms with Crippen molar-refractivity contribution in [1.82, 2.24) is 10.0 Å². The predicted molar refractivity (Wildman–Crippen MR) is 84.5 cm³/mol. The maximum atomic E-state index is 12.4. The van der Waals surface area contributed by atoms with E-state index in [0.717, 1.165) is 18.4 Å². The molecule has 0 saturated heterocycles. The normalized spacial score (nSPS) is 17.7. The molecule has 0 aliphatic heterocycles. The highest BCUT2D eigenvalue weighted by Gasteiger charge is 2.37. The summed E-state index contributed by atoms with van der Waals surface area (Å²) in [6.07, 6.45) is 5.44. The maximum absolute atomic E-state index is 12.4. The highest BCUT2D eigenvalue weighted by molar-refractivity contribution is 8.00. The minimum Gasteiger partial charge on any atom is -0.316 e. The molecule has 1 aromatic carbocycles. The van der Waals surface area contributed by atoms with Crippen LogP contribution in [0.15, 0.2) is 29.2 Å². The van der Waals surface area contributed by atoms with Crippen LogP contribution >= 0.6 is 11.8 Å². The summed E-state index contributed by atoms with van der Waals surface area (Å²) < 4.78 is 27.6. The monoisotopic (exact) mass is 314 g/mol. The van der Waals surface area contributed by atoms with Gasteiger partial charge >= 0.3 is 0 Å². The van der Waals surface area contributed by atoms with Crippen molar-refractivity contribution in [3.05, 3.63) is 29.8 Å². The van der Waals surface area contributed by atoms with E-state index in [-0.39, 0.29) is 4.75 Å². The van der Waals surface area contributed by atoms with Gasteiger partial charge in [0, 0.05) is 17.8 Å². The lowest BCUT2D eigenvalue weighted by Gasteiger charge is -2.40. The SMILES string of the molecule is CNCc1cccc(S(=O)(=O)NCC2(SC)CCC2)c1. The van der Waals surface area contributed by atoms with Gasteiger partial charge in [0.15, 0.2) is 0 Å². The number of thioether (sulfide) groups is 1. The van der Waals surface area contributed by atoms with E-state index >= 15 is 0 Å². The molecule has 0 unspecified atom stereocenters. The highest BCUT2D eigenvalue weighted by atomic mass is 32.2. The van der Waals surface area contributed by atoms with Crippen molar-refractivity contribution in [3.63, 3.8) is 0 Å². The van der Waals surface area contributed by atoms with E-state index in [2.05, 4.69) is 16.3 Å². The van der Waals surface area contributed by atoms with Gasteiger partial charge in [0.1, 0.15) is 0 Å². The van der Waals surface area contributed by atoms with Crippen LogP contribution in [-0.4, -0.2) is 33.0 Å². The zero-order valence-corrected chi connectivity index (χ0v) is 13.6. The average Bonchev–Trinajstić information content (AvgIpc) is 2.39. The largest absolute Gasteiger partial charge is 0.316 e. The molecule has 112 valence electrons. The van der Waals surface area contributed by atoms with Gasteiger partial charge in [-0.3, -0.25) is 0 Å². The van der Waals surface area contributed by atoms with Crippen molar-refractivity contribution < 1.29 is 8.42 Å². The summed E-state index contributed by atoms with van der Waals surface area (Å²) in [7, 11) is -1.57. The molecule has 0 amide bonds. The number of hydrogen-bond donors (Lipinski definition) is 2. The number of sulfonamides is 1. The number of benzene rings is 1. The van der Waals surface area contributed by atoms with E-state index in [1.165, 1.54) is 6.42 Å². The van der Waals surface area contributed by atoms with Gasteiger partial charge in [-0.2, -0.15) is 11.8 Å². The molecule has 4 nitrogen and oxygen atoms in total. The second-order valence-corrected chi connectivity index (χ2v) is 8.28. The van der Waals surface area contributed by atoms with Crippen LogP contribution in [0.1, 0.15) is 24.8 Å². The minimum absolute atomic E-state index is 0.107. The molecule has 0 aromatic heterocycles. The lowest BCUT2D eigenvalue weighted by atomic mass is 9.84. The van der Waals surface area contributed by atoms with Crippen LogP contribution in [0.3, 0.4) is 0 Å². The van der Waals surface area contributed by atoms with Gasteiger partial charge in [-0.1, -0.05) is 18.6 Å². The predicted octanol–water partition coefficient (Wildman–Crippen LogP) is 1.97. The third-order valence-corrected chi connectivity index (χ3v) is 6.69. The topological polar surface area (TPSA) is 58.2 Å². The van der Waals surface area contributed by atoms with Crippen LogP contribution in [0.2, 0.25) is 0 Å². The summed E-state index contributed by atoms with van der Waals surface area (Å²) in [5.74, 6) is 0. The second-order valence-electron chi connectivity index (χ2n) is 5.24. The Labute approximate surface area is 125 Å². The van der Waals surface area contributed by atoms with Crippen molar-refractivity contribution >= 4 is 21.8 Å². The first-order valence-electron chi connectivity index (χ1n) is 6.80. The molecule has 1 aliphatic carbocycles. The Bertz CT molecular complexity index is 549. The second kappa shape index (κ2) is 6.47. The molecule has 1 aliphatic rings. The van der Waals surface area contributed by atoms with Gasteiger partial charge < -0.3 is 5.32 Å². The lowest BCUT2D eigenvalue weighted by molar-refractivity contribution is 0.362. The first kappa shape index (κ1) is 15.8. The van der Waals surface area contributed by atoms with Gasteiger partial charge in [-0.15, -0.1) is 0 Å². The number of nitrogens with one attached hydrogen (secondary N) is 2. The number of rotatable bonds is 7. The molecule has 1 saturated carbocycles. The maximum Gasteiger partial charge on any atom is 0.240 e. The van der Waals surface area contributed by atoms with Crippen LogP contribution in [-0.2, 0) is 16.6 Å². The van der Waals surface area contributed by atoms with Gasteiger partial charge in [0.2, 0.25) is 10.0 Å². The summed E-state index contributed by atoms with van der Waals surface area (Å²) in [6.45, 7) is 1.19. The van der Waals surface area contributed by atoms with E-state index in [9.17, 15) is 8.42 Å². The fourth-order valence-corrected chi connectivity index (χ4v) is 4.56. The van der Waals surface area contributed by atoms with E-state index in [4.69, 9.17) is 0 Å². The van der Waals surface area contributed by atoms with Crippen molar-refractivity contribution in [2.24, 2.45) is 0 Å². The standard InChI is InChI=1S/C14H22N2O2S2/c1-15-10-12-5-3-6-13(9-12)20(17,18)16-11-14(19-2)7-4-8-14/h3,5-6,9,15-16H,4,7-8,10-11H2,1-2H3. The molecule has 0 spiro atoms. The smallest absolute Gasteiger partial charge is 0.240 e. The Hall–Kier alpha value is -0.560. The van der Waals surface area contributed by atoms with Gasteiger partial charge in [0.05, 0.1) is 4.90 Å².